The van der Waals surface area contributed by atoms with Crippen LogP contribution in [0.2, 0.25) is 0 Å². The van der Waals surface area contributed by atoms with Crippen LogP contribution in [-0.4, -0.2) is 58.6 Å². The average molecular weight is 587 g/mol. The number of rotatable bonds is 18. The first-order valence-corrected chi connectivity index (χ1v) is 16.2. The summed E-state index contributed by atoms with van der Waals surface area (Å²) < 4.78 is 0. The summed E-state index contributed by atoms with van der Waals surface area (Å²) in [7, 11) is 0. The Kier molecular flexibility index (Phi) is 16.8. The Morgan fingerprint density at radius 3 is 1.24 bits per heavy atom. The van der Waals surface area contributed by atoms with E-state index in [4.69, 9.17) is 11.5 Å². The molecule has 1 aromatic carbocycles. The molecule has 238 valence electrons. The van der Waals surface area contributed by atoms with E-state index in [0.717, 1.165) is 51.4 Å². The molecule has 1 aromatic rings. The molecule has 0 heterocycles. The lowest BCUT2D eigenvalue weighted by molar-refractivity contribution is -0.132. The summed E-state index contributed by atoms with van der Waals surface area (Å²) in [4.78, 5) is 58.1. The molecule has 1 rings (SSSR count). The van der Waals surface area contributed by atoms with E-state index >= 15 is 0 Å². The molecule has 0 aliphatic heterocycles. The third kappa shape index (κ3) is 10.6. The lowest BCUT2D eigenvalue weighted by Gasteiger charge is -2.31. The van der Waals surface area contributed by atoms with Crippen LogP contribution >= 0.6 is 0 Å². The molecule has 0 fully saturated rings. The summed E-state index contributed by atoms with van der Waals surface area (Å²) in [6, 6.07) is 4.75. The van der Waals surface area contributed by atoms with Crippen LogP contribution in [0.25, 0.3) is 0 Å². The highest BCUT2D eigenvalue weighted by Gasteiger charge is 2.36. The van der Waals surface area contributed by atoms with Crippen molar-refractivity contribution in [1.82, 2.24) is 9.80 Å². The van der Waals surface area contributed by atoms with Crippen LogP contribution in [0.5, 0.6) is 0 Å². The van der Waals surface area contributed by atoms with Gasteiger partial charge >= 0.3 is 0 Å². The summed E-state index contributed by atoms with van der Waals surface area (Å²) in [5, 5.41) is 0. The zero-order chi connectivity index (χ0) is 32.0. The highest BCUT2D eigenvalue weighted by Crippen LogP contribution is 2.23. The lowest BCUT2D eigenvalue weighted by atomic mass is 9.95. The fourth-order valence-corrected chi connectivity index (χ4v) is 4.97. The van der Waals surface area contributed by atoms with Gasteiger partial charge in [-0.3, -0.25) is 29.0 Å². The Labute approximate surface area is 254 Å². The summed E-state index contributed by atoms with van der Waals surface area (Å²) in [5.41, 5.74) is 12.7. The van der Waals surface area contributed by atoms with Gasteiger partial charge in [0, 0.05) is 13.1 Å². The minimum atomic E-state index is -0.855. The van der Waals surface area contributed by atoms with Gasteiger partial charge in [0.15, 0.2) is 0 Å². The molecule has 0 bridgehead atoms. The number of nitrogens with two attached hydrogens (primary N) is 2. The first-order valence-electron chi connectivity index (χ1n) is 16.2. The molecule has 8 heteroatoms. The molecular weight excluding hydrogens is 528 g/mol. The Bertz CT molecular complexity index is 930. The van der Waals surface area contributed by atoms with Gasteiger partial charge in [-0.05, 0) is 48.6 Å². The molecule has 0 radical (unpaired) electrons. The monoisotopic (exact) mass is 586 g/mol. The maximum absolute atomic E-state index is 14.2. The van der Waals surface area contributed by atoms with Crippen LogP contribution in [0.15, 0.2) is 24.3 Å². The van der Waals surface area contributed by atoms with Gasteiger partial charge in [-0.15, -0.1) is 0 Å². The molecule has 0 aliphatic carbocycles. The van der Waals surface area contributed by atoms with Crippen molar-refractivity contribution in [3.63, 3.8) is 0 Å². The summed E-state index contributed by atoms with van der Waals surface area (Å²) in [6.07, 6.45) is 7.38. The highest BCUT2D eigenvalue weighted by atomic mass is 16.2. The second-order valence-electron chi connectivity index (χ2n) is 12.4. The van der Waals surface area contributed by atoms with Gasteiger partial charge in [-0.1, -0.05) is 106 Å². The van der Waals surface area contributed by atoms with Gasteiger partial charge in [0.1, 0.15) is 0 Å². The molecule has 8 nitrogen and oxygen atoms in total. The van der Waals surface area contributed by atoms with Gasteiger partial charge in [0.2, 0.25) is 11.8 Å². The van der Waals surface area contributed by atoms with Gasteiger partial charge in [-0.2, -0.15) is 0 Å². The Hall–Kier alpha value is -2.58. The molecule has 42 heavy (non-hydrogen) atoms. The number of nitrogens with zero attached hydrogens (tertiary/aromatic N) is 2. The Morgan fingerprint density at radius 1 is 0.643 bits per heavy atom. The van der Waals surface area contributed by atoms with E-state index in [-0.39, 0.29) is 47.9 Å². The van der Waals surface area contributed by atoms with E-state index in [1.54, 1.807) is 24.3 Å². The standard InChI is InChI=1S/C34H58N4O4/c1-9-13-17-25(11-3)21-37(33(41)29(35)23(5)6)31(39)27-19-15-16-20-28(27)32(40)38(34(42)30(36)24(7)8)22-26(12-4)18-14-10-2/h15-16,19-20,23-26,29-30H,9-14,17-18,21-22,35-36H2,1-8H3/t25?,26?,29-,30-/m0/s1. The summed E-state index contributed by atoms with van der Waals surface area (Å²) in [5.74, 6) is -2.13. The van der Waals surface area contributed by atoms with Crippen LogP contribution in [0.3, 0.4) is 0 Å². The minimum Gasteiger partial charge on any atom is -0.320 e. The van der Waals surface area contributed by atoms with E-state index in [2.05, 4.69) is 27.7 Å². The third-order valence-corrected chi connectivity index (χ3v) is 8.39. The molecule has 0 spiro atoms. The summed E-state index contributed by atoms with van der Waals surface area (Å²) in [6.45, 7) is 16.2. The normalized spacial score (nSPS) is 14.4. The molecule has 0 saturated heterocycles. The zero-order valence-electron chi connectivity index (χ0n) is 27.5. The van der Waals surface area contributed by atoms with Crippen molar-refractivity contribution in [3.05, 3.63) is 35.4 Å². The van der Waals surface area contributed by atoms with E-state index < -0.39 is 35.7 Å². The third-order valence-electron chi connectivity index (χ3n) is 8.39. The average Bonchev–Trinajstić information content (AvgIpc) is 2.99. The number of unbranched alkanes of at least 4 members (excludes halogenated alkanes) is 2. The minimum absolute atomic E-state index is 0.0923. The maximum atomic E-state index is 14.2. The molecular formula is C34H58N4O4. The topological polar surface area (TPSA) is 127 Å². The number of imide groups is 2. The van der Waals surface area contributed by atoms with E-state index in [9.17, 15) is 19.2 Å². The first kappa shape index (κ1) is 37.4. The predicted molar refractivity (Wildman–Crippen MR) is 171 cm³/mol. The smallest absolute Gasteiger partial charge is 0.261 e. The predicted octanol–water partition coefficient (Wildman–Crippen LogP) is 6.02. The van der Waals surface area contributed by atoms with Gasteiger partial charge < -0.3 is 11.5 Å². The molecule has 0 saturated carbocycles. The zero-order valence-corrected chi connectivity index (χ0v) is 27.5. The molecule has 0 aliphatic rings. The van der Waals surface area contributed by atoms with Crippen LogP contribution in [0, 0.1) is 23.7 Å². The maximum Gasteiger partial charge on any atom is 0.261 e. The Morgan fingerprint density at radius 2 is 0.976 bits per heavy atom. The van der Waals surface area contributed by atoms with Crippen LogP contribution in [0.1, 0.15) is 127 Å². The lowest BCUT2D eigenvalue weighted by Crippen LogP contribution is -2.52. The fraction of sp³-hybridized carbons (Fsp3) is 0.706. The van der Waals surface area contributed by atoms with E-state index in [0.29, 0.717) is 0 Å². The SMILES string of the molecule is CCCCC(CC)CN(C(=O)c1ccccc1C(=O)N(CC(CC)CCCC)C(=O)[C@@H](N)C(C)C)C(=O)[C@@H](N)C(C)C. The highest BCUT2D eigenvalue weighted by molar-refractivity contribution is 6.15. The van der Waals surface area contributed by atoms with E-state index in [1.807, 2.05) is 27.7 Å². The number of carbonyl (C=O) groups excluding carboxylic acids is 4. The largest absolute Gasteiger partial charge is 0.320 e. The molecule has 4 atom stereocenters. The number of carbonyl (C=O) groups is 4. The van der Waals surface area contributed by atoms with Crippen molar-refractivity contribution in [1.29, 1.82) is 0 Å². The number of amides is 4. The molecule has 2 unspecified atom stereocenters. The van der Waals surface area contributed by atoms with Crippen molar-refractivity contribution in [2.75, 3.05) is 13.1 Å². The summed E-state index contributed by atoms with van der Waals surface area (Å²) >= 11 is 0. The van der Waals surface area contributed by atoms with Crippen molar-refractivity contribution < 1.29 is 19.2 Å². The van der Waals surface area contributed by atoms with Crippen LogP contribution < -0.4 is 11.5 Å². The van der Waals surface area contributed by atoms with Crippen LogP contribution in [-0.2, 0) is 9.59 Å². The van der Waals surface area contributed by atoms with Gasteiger partial charge in [0.05, 0.1) is 23.2 Å². The molecule has 4 N–H and O–H groups in total. The van der Waals surface area contributed by atoms with Crippen molar-refractivity contribution in [2.45, 2.75) is 119 Å². The Balaban J connectivity index is 3.62. The molecule has 0 aromatic heterocycles. The first-order chi connectivity index (χ1) is 19.9. The second-order valence-corrected chi connectivity index (χ2v) is 12.4. The number of hydrogen-bond donors (Lipinski definition) is 2. The molecule has 4 amide bonds. The van der Waals surface area contributed by atoms with Crippen LogP contribution in [0.4, 0.5) is 0 Å². The fourth-order valence-electron chi connectivity index (χ4n) is 4.97. The van der Waals surface area contributed by atoms with Gasteiger partial charge in [0.25, 0.3) is 11.8 Å². The van der Waals surface area contributed by atoms with Gasteiger partial charge in [-0.25, -0.2) is 0 Å². The quantitative estimate of drug-likeness (QED) is 0.216. The number of benzene rings is 1. The second kappa shape index (κ2) is 18.9. The van der Waals surface area contributed by atoms with Crippen molar-refractivity contribution >= 4 is 23.6 Å². The number of hydrogen-bond acceptors (Lipinski definition) is 6. The van der Waals surface area contributed by atoms with Crippen molar-refractivity contribution in [3.8, 4) is 0 Å². The van der Waals surface area contributed by atoms with Crippen molar-refractivity contribution in [2.24, 2.45) is 35.1 Å². The van der Waals surface area contributed by atoms with E-state index in [1.165, 1.54) is 9.80 Å².